The first-order valence-corrected chi connectivity index (χ1v) is 7.01. The lowest BCUT2D eigenvalue weighted by atomic mass is 10.0. The van der Waals surface area contributed by atoms with Gasteiger partial charge in [0.1, 0.15) is 6.10 Å². The minimum atomic E-state index is -0.596. The fourth-order valence-corrected chi connectivity index (χ4v) is 3.27. The van der Waals surface area contributed by atoms with E-state index in [1.165, 1.54) is 0 Å². The fraction of sp³-hybridized carbons (Fsp3) is 0.500. The minimum absolute atomic E-state index is 0.148. The van der Waals surface area contributed by atoms with Gasteiger partial charge in [0.25, 0.3) is 0 Å². The molecule has 1 aromatic carbocycles. The van der Waals surface area contributed by atoms with E-state index >= 15 is 0 Å². The van der Waals surface area contributed by atoms with E-state index in [0.717, 1.165) is 20.1 Å². The summed E-state index contributed by atoms with van der Waals surface area (Å²) in [5.41, 5.74) is 2.13. The number of benzene rings is 1. The Balaban J connectivity index is 2.27. The van der Waals surface area contributed by atoms with Gasteiger partial charge in [0.15, 0.2) is 0 Å². The summed E-state index contributed by atoms with van der Waals surface area (Å²) in [4.78, 5) is 0. The van der Waals surface area contributed by atoms with E-state index in [9.17, 15) is 5.11 Å². The molecule has 3 atom stereocenters. The predicted molar refractivity (Wildman–Crippen MR) is 71.9 cm³/mol. The van der Waals surface area contributed by atoms with E-state index < -0.39 is 12.2 Å². The molecule has 0 aromatic heterocycles. The largest absolute Gasteiger partial charge is 0.394 e. The molecule has 1 aromatic rings. The van der Waals surface area contributed by atoms with E-state index in [1.54, 1.807) is 0 Å². The zero-order valence-electron chi connectivity index (χ0n) is 9.36. The molecule has 2 N–H and O–H groups in total. The Morgan fingerprint density at radius 3 is 2.65 bits per heavy atom. The summed E-state index contributed by atoms with van der Waals surface area (Å²) in [6.45, 7) is 1.86. The van der Waals surface area contributed by atoms with Gasteiger partial charge in [-0.25, -0.2) is 0 Å². The van der Waals surface area contributed by atoms with Gasteiger partial charge in [-0.1, -0.05) is 37.9 Å². The molecule has 0 saturated carbocycles. The van der Waals surface area contributed by atoms with Gasteiger partial charge in [-0.15, -0.1) is 0 Å². The second-order valence-corrected chi connectivity index (χ2v) is 5.98. The Hall–Kier alpha value is 0.0600. The SMILES string of the molecule is Cc1cc([C@H]2C[C@H](O)[C@@H](CO)O2)c(Br)cc1Br. The average Bonchev–Trinajstić information content (AvgIpc) is 2.65. The van der Waals surface area contributed by atoms with Crippen LogP contribution in [-0.2, 0) is 4.74 Å². The maximum absolute atomic E-state index is 9.73. The highest BCUT2D eigenvalue weighted by molar-refractivity contribution is 9.11. The topological polar surface area (TPSA) is 49.7 Å². The highest BCUT2D eigenvalue weighted by Crippen LogP contribution is 2.38. The molecular formula is C12H14Br2O3. The van der Waals surface area contributed by atoms with Crippen molar-refractivity contribution in [3.8, 4) is 0 Å². The minimum Gasteiger partial charge on any atom is -0.394 e. The van der Waals surface area contributed by atoms with Crippen molar-refractivity contribution >= 4 is 31.9 Å². The standard InChI is InChI=1S/C12H14Br2O3/c1-6-2-7(9(14)3-8(6)13)11-4-10(16)12(5-15)17-11/h2-3,10-12,15-16H,4-5H2,1H3/t10-,11+,12+/m0/s1. The zero-order valence-corrected chi connectivity index (χ0v) is 12.5. The number of hydrogen-bond donors (Lipinski definition) is 2. The van der Waals surface area contributed by atoms with Crippen LogP contribution in [0, 0.1) is 6.92 Å². The molecule has 1 saturated heterocycles. The molecule has 94 valence electrons. The lowest BCUT2D eigenvalue weighted by Crippen LogP contribution is -2.24. The van der Waals surface area contributed by atoms with Gasteiger partial charge in [-0.3, -0.25) is 0 Å². The van der Waals surface area contributed by atoms with E-state index in [1.807, 2.05) is 19.1 Å². The molecule has 0 spiro atoms. The summed E-state index contributed by atoms with van der Waals surface area (Å²) >= 11 is 6.96. The van der Waals surface area contributed by atoms with Crippen molar-refractivity contribution in [1.82, 2.24) is 0 Å². The van der Waals surface area contributed by atoms with E-state index in [4.69, 9.17) is 9.84 Å². The van der Waals surface area contributed by atoms with Crippen LogP contribution in [-0.4, -0.2) is 29.0 Å². The normalized spacial score (nSPS) is 28.6. The Labute approximate surface area is 117 Å². The van der Waals surface area contributed by atoms with Crippen molar-refractivity contribution in [3.05, 3.63) is 32.2 Å². The smallest absolute Gasteiger partial charge is 0.107 e. The van der Waals surface area contributed by atoms with Crippen LogP contribution in [0.1, 0.15) is 23.7 Å². The van der Waals surface area contributed by atoms with Crippen molar-refractivity contribution in [2.75, 3.05) is 6.61 Å². The van der Waals surface area contributed by atoms with E-state index in [0.29, 0.717) is 6.42 Å². The molecule has 2 rings (SSSR count). The Morgan fingerprint density at radius 1 is 1.35 bits per heavy atom. The number of halogens is 2. The van der Waals surface area contributed by atoms with Gasteiger partial charge in [0.05, 0.1) is 18.8 Å². The summed E-state index contributed by atoms with van der Waals surface area (Å²) < 4.78 is 7.62. The lowest BCUT2D eigenvalue weighted by molar-refractivity contribution is -0.0227. The van der Waals surface area contributed by atoms with Crippen LogP contribution in [0.5, 0.6) is 0 Å². The predicted octanol–water partition coefficient (Wildman–Crippen LogP) is 2.70. The van der Waals surface area contributed by atoms with Crippen molar-refractivity contribution in [2.45, 2.75) is 31.7 Å². The molecule has 17 heavy (non-hydrogen) atoms. The van der Waals surface area contributed by atoms with Gasteiger partial charge >= 0.3 is 0 Å². The summed E-state index contributed by atoms with van der Waals surface area (Å²) in [6, 6.07) is 4.01. The molecule has 3 nitrogen and oxygen atoms in total. The third kappa shape index (κ3) is 2.74. The van der Waals surface area contributed by atoms with Crippen molar-refractivity contribution < 1.29 is 14.9 Å². The molecule has 0 aliphatic carbocycles. The molecule has 1 aliphatic heterocycles. The van der Waals surface area contributed by atoms with Gasteiger partial charge in [0.2, 0.25) is 0 Å². The Morgan fingerprint density at radius 2 is 2.06 bits per heavy atom. The zero-order chi connectivity index (χ0) is 12.6. The Kier molecular flexibility index (Phi) is 4.26. The highest BCUT2D eigenvalue weighted by atomic mass is 79.9. The van der Waals surface area contributed by atoms with Crippen molar-refractivity contribution in [3.63, 3.8) is 0 Å². The molecule has 5 heteroatoms. The number of ether oxygens (including phenoxy) is 1. The van der Waals surface area contributed by atoms with Crippen molar-refractivity contribution in [2.24, 2.45) is 0 Å². The first-order chi connectivity index (χ1) is 8.02. The number of rotatable bonds is 2. The van der Waals surface area contributed by atoms with E-state index in [-0.39, 0.29) is 12.7 Å². The second-order valence-electron chi connectivity index (χ2n) is 4.27. The molecule has 1 heterocycles. The van der Waals surface area contributed by atoms with Crippen molar-refractivity contribution in [1.29, 1.82) is 0 Å². The molecule has 0 bridgehead atoms. The first kappa shape index (κ1) is 13.5. The van der Waals surface area contributed by atoms with Crippen LogP contribution >= 0.6 is 31.9 Å². The number of aryl methyl sites for hydroxylation is 1. The van der Waals surface area contributed by atoms with Gasteiger partial charge in [0, 0.05) is 15.4 Å². The summed E-state index contributed by atoms with van der Waals surface area (Å²) in [7, 11) is 0. The van der Waals surface area contributed by atoms with Gasteiger partial charge in [-0.05, 0) is 24.1 Å². The highest BCUT2D eigenvalue weighted by Gasteiger charge is 2.35. The third-order valence-corrected chi connectivity index (χ3v) is 4.57. The Bertz CT molecular complexity index is 422. The molecule has 0 amide bonds. The monoisotopic (exact) mass is 364 g/mol. The third-order valence-electron chi connectivity index (χ3n) is 3.03. The summed E-state index contributed by atoms with van der Waals surface area (Å²) in [6.07, 6.45) is -0.717. The second kappa shape index (κ2) is 5.36. The maximum Gasteiger partial charge on any atom is 0.107 e. The van der Waals surface area contributed by atoms with Gasteiger partial charge < -0.3 is 14.9 Å². The number of aliphatic hydroxyl groups is 2. The molecule has 0 unspecified atom stereocenters. The molecule has 1 fully saturated rings. The molecule has 1 aliphatic rings. The summed E-state index contributed by atoms with van der Waals surface area (Å²) in [5, 5.41) is 18.8. The van der Waals surface area contributed by atoms with Crippen LogP contribution < -0.4 is 0 Å². The summed E-state index contributed by atoms with van der Waals surface area (Å²) in [5.74, 6) is 0. The maximum atomic E-state index is 9.73. The van der Waals surface area contributed by atoms with Crippen LogP contribution in [0.3, 0.4) is 0 Å². The average molecular weight is 366 g/mol. The molecule has 0 radical (unpaired) electrons. The van der Waals surface area contributed by atoms with Crippen LogP contribution in [0.25, 0.3) is 0 Å². The number of hydrogen-bond acceptors (Lipinski definition) is 3. The van der Waals surface area contributed by atoms with Crippen LogP contribution in [0.4, 0.5) is 0 Å². The number of aliphatic hydroxyl groups excluding tert-OH is 2. The molecular weight excluding hydrogens is 352 g/mol. The fourth-order valence-electron chi connectivity index (χ4n) is 2.02. The quantitative estimate of drug-likeness (QED) is 0.847. The lowest BCUT2D eigenvalue weighted by Gasteiger charge is -2.15. The van der Waals surface area contributed by atoms with Crippen LogP contribution in [0.2, 0.25) is 0 Å². The first-order valence-electron chi connectivity index (χ1n) is 5.43. The van der Waals surface area contributed by atoms with E-state index in [2.05, 4.69) is 31.9 Å². The van der Waals surface area contributed by atoms with Crippen LogP contribution in [0.15, 0.2) is 21.1 Å². The van der Waals surface area contributed by atoms with Gasteiger partial charge in [-0.2, -0.15) is 0 Å².